The molecule has 1 N–H and O–H groups in total. The van der Waals surface area contributed by atoms with Gasteiger partial charge in [0, 0.05) is 26.1 Å². The molecule has 0 unspecified atom stereocenters. The first-order chi connectivity index (χ1) is 14.1. The van der Waals surface area contributed by atoms with Crippen LogP contribution in [-0.4, -0.2) is 51.5 Å². The molecule has 2 aromatic rings. The Labute approximate surface area is 171 Å². The van der Waals surface area contributed by atoms with Gasteiger partial charge in [-0.1, -0.05) is 30.3 Å². The molecule has 0 aromatic heterocycles. The zero-order valence-electron chi connectivity index (χ0n) is 16.2. The van der Waals surface area contributed by atoms with Gasteiger partial charge in [0.1, 0.15) is 5.75 Å². The Morgan fingerprint density at radius 3 is 2.41 bits per heavy atom. The number of hydrogen-bond acceptors (Lipinski definition) is 5. The first kappa shape index (κ1) is 21.3. The Morgan fingerprint density at radius 2 is 1.72 bits per heavy atom. The van der Waals surface area contributed by atoms with E-state index in [9.17, 15) is 13.2 Å². The Kier molecular flexibility index (Phi) is 7.62. The minimum atomic E-state index is -3.50. The van der Waals surface area contributed by atoms with Crippen molar-refractivity contribution < 1.29 is 22.7 Å². The van der Waals surface area contributed by atoms with Gasteiger partial charge in [-0.05, 0) is 36.2 Å². The highest BCUT2D eigenvalue weighted by Gasteiger charge is 2.26. The Morgan fingerprint density at radius 1 is 1.03 bits per heavy atom. The van der Waals surface area contributed by atoms with Gasteiger partial charge in [0.15, 0.2) is 0 Å². The summed E-state index contributed by atoms with van der Waals surface area (Å²) in [6.07, 6.45) is 0.994. The largest absolute Gasteiger partial charge is 0.494 e. The fourth-order valence-corrected chi connectivity index (χ4v) is 4.35. The van der Waals surface area contributed by atoms with E-state index in [0.717, 1.165) is 11.3 Å². The molecular weight excluding hydrogens is 392 g/mol. The lowest BCUT2D eigenvalue weighted by molar-refractivity contribution is -0.121. The highest BCUT2D eigenvalue weighted by molar-refractivity contribution is 7.89. The standard InChI is InChI=1S/C21H26N2O5S/c24-21(7-4-14-28-19-5-2-1-3-6-19)22-17-18-8-10-20(11-9-18)29(25,26)23-12-15-27-16-13-23/h1-3,5-6,8-11H,4,7,12-17H2,(H,22,24). The summed E-state index contributed by atoms with van der Waals surface area (Å²) in [6, 6.07) is 16.1. The third-order valence-electron chi connectivity index (χ3n) is 4.58. The molecule has 8 heteroatoms. The van der Waals surface area contributed by atoms with E-state index >= 15 is 0 Å². The number of rotatable bonds is 9. The van der Waals surface area contributed by atoms with Crippen molar-refractivity contribution in [1.82, 2.24) is 9.62 Å². The second-order valence-electron chi connectivity index (χ2n) is 6.70. The van der Waals surface area contributed by atoms with Gasteiger partial charge in [-0.15, -0.1) is 0 Å². The van der Waals surface area contributed by atoms with Crippen LogP contribution in [-0.2, 0) is 26.1 Å². The predicted molar refractivity (Wildman–Crippen MR) is 109 cm³/mol. The van der Waals surface area contributed by atoms with E-state index in [-0.39, 0.29) is 10.8 Å². The first-order valence-electron chi connectivity index (χ1n) is 9.67. The summed E-state index contributed by atoms with van der Waals surface area (Å²) in [7, 11) is -3.50. The smallest absolute Gasteiger partial charge is 0.243 e. The molecule has 156 valence electrons. The Balaban J connectivity index is 1.41. The zero-order chi connectivity index (χ0) is 20.5. The van der Waals surface area contributed by atoms with Crippen molar-refractivity contribution >= 4 is 15.9 Å². The summed E-state index contributed by atoms with van der Waals surface area (Å²) in [5, 5.41) is 2.85. The minimum Gasteiger partial charge on any atom is -0.494 e. The predicted octanol–water partition coefficient (Wildman–Crippen LogP) is 2.18. The molecule has 0 aliphatic carbocycles. The summed E-state index contributed by atoms with van der Waals surface area (Å²) >= 11 is 0. The van der Waals surface area contributed by atoms with E-state index in [0.29, 0.717) is 52.3 Å². The number of carbonyl (C=O) groups excluding carboxylic acids is 1. The van der Waals surface area contributed by atoms with Crippen LogP contribution in [0.1, 0.15) is 18.4 Å². The van der Waals surface area contributed by atoms with Crippen LogP contribution in [0.5, 0.6) is 5.75 Å². The van der Waals surface area contributed by atoms with Gasteiger partial charge in [0.2, 0.25) is 15.9 Å². The van der Waals surface area contributed by atoms with Gasteiger partial charge in [-0.25, -0.2) is 8.42 Å². The zero-order valence-corrected chi connectivity index (χ0v) is 17.1. The van der Waals surface area contributed by atoms with E-state index in [1.165, 1.54) is 4.31 Å². The molecule has 0 atom stereocenters. The number of benzene rings is 2. The van der Waals surface area contributed by atoms with Gasteiger partial charge in [0.25, 0.3) is 0 Å². The number of morpholine rings is 1. The van der Waals surface area contributed by atoms with Crippen LogP contribution in [0.25, 0.3) is 0 Å². The van der Waals surface area contributed by atoms with Gasteiger partial charge in [-0.3, -0.25) is 4.79 Å². The highest BCUT2D eigenvalue weighted by Crippen LogP contribution is 2.17. The molecule has 2 aromatic carbocycles. The van der Waals surface area contributed by atoms with Crippen LogP contribution in [0.3, 0.4) is 0 Å². The summed E-state index contributed by atoms with van der Waals surface area (Å²) in [4.78, 5) is 12.2. The minimum absolute atomic E-state index is 0.0633. The summed E-state index contributed by atoms with van der Waals surface area (Å²) in [6.45, 7) is 2.41. The number of nitrogens with one attached hydrogen (secondary N) is 1. The maximum Gasteiger partial charge on any atom is 0.243 e. The molecule has 1 amide bonds. The van der Waals surface area contributed by atoms with Crippen molar-refractivity contribution in [1.29, 1.82) is 0 Å². The summed E-state index contributed by atoms with van der Waals surface area (Å²) in [5.41, 5.74) is 0.847. The average molecular weight is 419 g/mol. The normalized spacial score (nSPS) is 15.0. The molecule has 0 radical (unpaired) electrons. The third kappa shape index (κ3) is 6.28. The number of ether oxygens (including phenoxy) is 2. The molecule has 0 saturated carbocycles. The van der Waals surface area contributed by atoms with Crippen LogP contribution in [0.2, 0.25) is 0 Å². The van der Waals surface area contributed by atoms with E-state index in [1.807, 2.05) is 30.3 Å². The Hall–Kier alpha value is -2.42. The lowest BCUT2D eigenvalue weighted by Crippen LogP contribution is -2.40. The van der Waals surface area contributed by atoms with Gasteiger partial charge >= 0.3 is 0 Å². The van der Waals surface area contributed by atoms with Crippen molar-refractivity contribution in [2.45, 2.75) is 24.3 Å². The van der Waals surface area contributed by atoms with Gasteiger partial charge < -0.3 is 14.8 Å². The second kappa shape index (κ2) is 10.4. The SMILES string of the molecule is O=C(CCCOc1ccccc1)NCc1ccc(S(=O)(=O)N2CCOCC2)cc1. The summed E-state index contributed by atoms with van der Waals surface area (Å²) < 4.78 is 37.4. The molecule has 29 heavy (non-hydrogen) atoms. The van der Waals surface area contributed by atoms with Crippen molar-refractivity contribution in [2.75, 3.05) is 32.9 Å². The van der Waals surface area contributed by atoms with Crippen LogP contribution < -0.4 is 10.1 Å². The van der Waals surface area contributed by atoms with E-state index in [1.54, 1.807) is 24.3 Å². The average Bonchev–Trinajstić information content (AvgIpc) is 2.77. The molecule has 1 heterocycles. The van der Waals surface area contributed by atoms with Crippen LogP contribution in [0.4, 0.5) is 0 Å². The molecule has 1 aliphatic rings. The molecule has 0 spiro atoms. The molecule has 1 aliphatic heterocycles. The topological polar surface area (TPSA) is 84.9 Å². The molecular formula is C21H26N2O5S. The number of sulfonamides is 1. The lowest BCUT2D eigenvalue weighted by atomic mass is 10.2. The second-order valence-corrected chi connectivity index (χ2v) is 8.64. The monoisotopic (exact) mass is 418 g/mol. The fourth-order valence-electron chi connectivity index (χ4n) is 2.94. The van der Waals surface area contributed by atoms with Crippen molar-refractivity contribution in [3.8, 4) is 5.75 Å². The number of hydrogen-bond donors (Lipinski definition) is 1. The number of para-hydroxylation sites is 1. The maximum atomic E-state index is 12.6. The van der Waals surface area contributed by atoms with Gasteiger partial charge in [0.05, 0.1) is 24.7 Å². The lowest BCUT2D eigenvalue weighted by Gasteiger charge is -2.26. The van der Waals surface area contributed by atoms with Gasteiger partial charge in [-0.2, -0.15) is 4.31 Å². The van der Waals surface area contributed by atoms with Crippen LogP contribution in [0.15, 0.2) is 59.5 Å². The van der Waals surface area contributed by atoms with Crippen LogP contribution in [0, 0.1) is 0 Å². The number of amides is 1. The molecule has 0 bridgehead atoms. The van der Waals surface area contributed by atoms with E-state index < -0.39 is 10.0 Å². The van der Waals surface area contributed by atoms with Crippen molar-refractivity contribution in [2.24, 2.45) is 0 Å². The van der Waals surface area contributed by atoms with E-state index in [2.05, 4.69) is 5.32 Å². The van der Waals surface area contributed by atoms with Crippen molar-refractivity contribution in [3.63, 3.8) is 0 Å². The molecule has 1 fully saturated rings. The fraction of sp³-hybridized carbons (Fsp3) is 0.381. The molecule has 7 nitrogen and oxygen atoms in total. The third-order valence-corrected chi connectivity index (χ3v) is 6.49. The quantitative estimate of drug-likeness (QED) is 0.631. The van der Waals surface area contributed by atoms with E-state index in [4.69, 9.17) is 9.47 Å². The maximum absolute atomic E-state index is 12.6. The molecule has 1 saturated heterocycles. The van der Waals surface area contributed by atoms with Crippen molar-refractivity contribution in [3.05, 3.63) is 60.2 Å². The van der Waals surface area contributed by atoms with Crippen LogP contribution >= 0.6 is 0 Å². The number of carbonyl (C=O) groups is 1. The first-order valence-corrected chi connectivity index (χ1v) is 11.1. The molecule has 3 rings (SSSR count). The Bertz CT molecular complexity index is 879. The highest BCUT2D eigenvalue weighted by atomic mass is 32.2. The summed E-state index contributed by atoms with van der Waals surface area (Å²) in [5.74, 6) is 0.728. The number of nitrogens with zero attached hydrogens (tertiary/aromatic N) is 1.